The number of hydrogen-bond donors (Lipinski definition) is 1. The Morgan fingerprint density at radius 1 is 1.10 bits per heavy atom. The van der Waals surface area contributed by atoms with Gasteiger partial charge >= 0.3 is 0 Å². The van der Waals surface area contributed by atoms with Crippen molar-refractivity contribution in [3.63, 3.8) is 0 Å². The number of nitrogens with one attached hydrogen (secondary N) is 1. The number of ether oxygens (including phenoxy) is 1. The highest BCUT2D eigenvalue weighted by molar-refractivity contribution is 9.10. The van der Waals surface area contributed by atoms with Gasteiger partial charge in [-0.3, -0.25) is 9.59 Å². The van der Waals surface area contributed by atoms with Gasteiger partial charge in [0.1, 0.15) is 11.8 Å². The van der Waals surface area contributed by atoms with Crippen LogP contribution in [0.3, 0.4) is 0 Å². The predicted molar refractivity (Wildman–Crippen MR) is 124 cm³/mol. The normalized spacial score (nSPS) is 12.7. The molecule has 0 aliphatic heterocycles. The van der Waals surface area contributed by atoms with Crippen LogP contribution in [0.15, 0.2) is 53.0 Å². The molecule has 2 aromatic rings. The molecule has 0 saturated carbocycles. The molecule has 2 rings (SSSR count). The van der Waals surface area contributed by atoms with E-state index in [1.807, 2.05) is 51.1 Å². The fourth-order valence-corrected chi connectivity index (χ4v) is 3.39. The van der Waals surface area contributed by atoms with Crippen molar-refractivity contribution in [3.8, 4) is 5.75 Å². The van der Waals surface area contributed by atoms with Crippen LogP contribution in [0.4, 0.5) is 0 Å². The maximum absolute atomic E-state index is 13.1. The lowest BCUT2D eigenvalue weighted by Crippen LogP contribution is -2.51. The lowest BCUT2D eigenvalue weighted by Gasteiger charge is -2.31. The smallest absolute Gasteiger partial charge is 0.261 e. The first kappa shape index (κ1) is 24.2. The van der Waals surface area contributed by atoms with Crippen molar-refractivity contribution in [2.45, 2.75) is 52.2 Å². The first-order chi connectivity index (χ1) is 14.3. The van der Waals surface area contributed by atoms with Gasteiger partial charge in [-0.15, -0.1) is 0 Å². The standard InChI is InChI=1S/C23H28BrClN2O3/c1-4-16(3)26-23(29)21(5-2)27(14-17-8-6-7-9-20(17)25)22(28)15-30-19-12-10-18(24)11-13-19/h6-13,16,21H,4-5,14-15H2,1-3H3,(H,26,29)/t16-,21+/m0/s1. The maximum Gasteiger partial charge on any atom is 0.261 e. The molecule has 0 heterocycles. The molecule has 0 radical (unpaired) electrons. The minimum atomic E-state index is -0.615. The minimum Gasteiger partial charge on any atom is -0.484 e. The van der Waals surface area contributed by atoms with Gasteiger partial charge < -0.3 is 15.0 Å². The van der Waals surface area contributed by atoms with E-state index in [4.69, 9.17) is 16.3 Å². The number of carbonyl (C=O) groups excluding carboxylic acids is 2. The molecule has 0 aliphatic rings. The number of nitrogens with zero attached hydrogens (tertiary/aromatic N) is 1. The Kier molecular flexibility index (Phi) is 9.66. The summed E-state index contributed by atoms with van der Waals surface area (Å²) in [5.41, 5.74) is 0.783. The summed E-state index contributed by atoms with van der Waals surface area (Å²) >= 11 is 9.70. The largest absolute Gasteiger partial charge is 0.484 e. The number of hydrogen-bond acceptors (Lipinski definition) is 3. The van der Waals surface area contributed by atoms with Crippen molar-refractivity contribution in [2.24, 2.45) is 0 Å². The van der Waals surface area contributed by atoms with Crippen molar-refractivity contribution < 1.29 is 14.3 Å². The second kappa shape index (κ2) is 12.0. The van der Waals surface area contributed by atoms with E-state index in [2.05, 4.69) is 21.2 Å². The molecule has 2 aromatic carbocycles. The van der Waals surface area contributed by atoms with Gasteiger partial charge in [0.15, 0.2) is 6.61 Å². The Morgan fingerprint density at radius 2 is 1.77 bits per heavy atom. The summed E-state index contributed by atoms with van der Waals surface area (Å²) in [6.45, 7) is 5.91. The second-order valence-corrected chi connectivity index (χ2v) is 8.42. The zero-order valence-corrected chi connectivity index (χ0v) is 19.9. The van der Waals surface area contributed by atoms with Gasteiger partial charge in [0, 0.05) is 22.1 Å². The fraction of sp³-hybridized carbons (Fsp3) is 0.391. The van der Waals surface area contributed by atoms with E-state index in [1.165, 1.54) is 0 Å². The van der Waals surface area contributed by atoms with Crippen LogP contribution < -0.4 is 10.1 Å². The number of benzene rings is 2. The highest BCUT2D eigenvalue weighted by atomic mass is 79.9. The van der Waals surface area contributed by atoms with Gasteiger partial charge in [-0.05, 0) is 55.7 Å². The molecular formula is C23H28BrClN2O3. The summed E-state index contributed by atoms with van der Waals surface area (Å²) in [6, 6.07) is 14.0. The highest BCUT2D eigenvalue weighted by Gasteiger charge is 2.29. The molecule has 0 aliphatic carbocycles. The van der Waals surface area contributed by atoms with Gasteiger partial charge in [0.05, 0.1) is 0 Å². The molecule has 5 nitrogen and oxygen atoms in total. The molecule has 0 aromatic heterocycles. The van der Waals surface area contributed by atoms with Crippen molar-refractivity contribution in [1.82, 2.24) is 10.2 Å². The number of amides is 2. The summed E-state index contributed by atoms with van der Waals surface area (Å²) in [5.74, 6) is 0.140. The first-order valence-corrected chi connectivity index (χ1v) is 11.2. The lowest BCUT2D eigenvalue weighted by molar-refractivity contribution is -0.143. The monoisotopic (exact) mass is 494 g/mol. The molecule has 0 spiro atoms. The van der Waals surface area contributed by atoms with Gasteiger partial charge in [0.25, 0.3) is 5.91 Å². The van der Waals surface area contributed by atoms with E-state index in [1.54, 1.807) is 23.1 Å². The average molecular weight is 496 g/mol. The maximum atomic E-state index is 13.1. The predicted octanol–water partition coefficient (Wildman–Crippen LogP) is 5.20. The number of rotatable bonds is 10. The van der Waals surface area contributed by atoms with Crippen molar-refractivity contribution in [1.29, 1.82) is 0 Å². The molecular weight excluding hydrogens is 468 g/mol. The lowest BCUT2D eigenvalue weighted by atomic mass is 10.1. The van der Waals surface area contributed by atoms with Crippen LogP contribution in [0.5, 0.6) is 5.75 Å². The van der Waals surface area contributed by atoms with E-state index < -0.39 is 6.04 Å². The number of halogens is 2. The quantitative estimate of drug-likeness (QED) is 0.493. The van der Waals surface area contributed by atoms with Crippen LogP contribution in [0.1, 0.15) is 39.2 Å². The Balaban J connectivity index is 2.21. The Hall–Kier alpha value is -2.05. The van der Waals surface area contributed by atoms with Crippen LogP contribution in [-0.4, -0.2) is 35.4 Å². The van der Waals surface area contributed by atoms with Gasteiger partial charge in [-0.25, -0.2) is 0 Å². The van der Waals surface area contributed by atoms with Crippen LogP contribution in [0.25, 0.3) is 0 Å². The summed E-state index contributed by atoms with van der Waals surface area (Å²) < 4.78 is 6.60. The second-order valence-electron chi connectivity index (χ2n) is 7.10. The van der Waals surface area contributed by atoms with Gasteiger partial charge in [-0.1, -0.05) is 59.6 Å². The zero-order chi connectivity index (χ0) is 22.1. The van der Waals surface area contributed by atoms with Gasteiger partial charge in [-0.2, -0.15) is 0 Å². The van der Waals surface area contributed by atoms with Crippen LogP contribution in [0, 0.1) is 0 Å². The molecule has 162 valence electrons. The van der Waals surface area contributed by atoms with E-state index in [-0.39, 0.29) is 31.0 Å². The molecule has 0 unspecified atom stereocenters. The molecule has 0 bridgehead atoms. The topological polar surface area (TPSA) is 58.6 Å². The molecule has 0 fully saturated rings. The molecule has 30 heavy (non-hydrogen) atoms. The SMILES string of the molecule is CC[C@H](C(=O)N[C@@H](C)CC)N(Cc1ccccc1Cl)C(=O)COc1ccc(Br)cc1. The average Bonchev–Trinajstić information content (AvgIpc) is 2.74. The molecule has 7 heteroatoms. The first-order valence-electron chi connectivity index (χ1n) is 10.1. The summed E-state index contributed by atoms with van der Waals surface area (Å²) in [5, 5.41) is 3.54. The fourth-order valence-electron chi connectivity index (χ4n) is 2.93. The molecule has 1 N–H and O–H groups in total. The highest BCUT2D eigenvalue weighted by Crippen LogP contribution is 2.21. The van der Waals surface area contributed by atoms with Crippen molar-refractivity contribution >= 4 is 39.3 Å². The summed E-state index contributed by atoms with van der Waals surface area (Å²) in [6.07, 6.45) is 1.30. The Labute approximate surface area is 191 Å². The third kappa shape index (κ3) is 7.03. The third-order valence-corrected chi connectivity index (χ3v) is 5.76. The minimum absolute atomic E-state index is 0.0304. The summed E-state index contributed by atoms with van der Waals surface area (Å²) in [4.78, 5) is 27.6. The van der Waals surface area contributed by atoms with E-state index in [9.17, 15) is 9.59 Å². The van der Waals surface area contributed by atoms with Gasteiger partial charge in [0.2, 0.25) is 5.91 Å². The number of carbonyl (C=O) groups is 2. The van der Waals surface area contributed by atoms with Crippen molar-refractivity contribution in [3.05, 3.63) is 63.6 Å². The van der Waals surface area contributed by atoms with E-state index >= 15 is 0 Å². The zero-order valence-electron chi connectivity index (χ0n) is 17.5. The van der Waals surface area contributed by atoms with Crippen LogP contribution >= 0.6 is 27.5 Å². The van der Waals surface area contributed by atoms with Crippen LogP contribution in [0.2, 0.25) is 5.02 Å². The summed E-state index contributed by atoms with van der Waals surface area (Å²) in [7, 11) is 0. The molecule has 2 atom stereocenters. The van der Waals surface area contributed by atoms with E-state index in [0.717, 1.165) is 16.5 Å². The van der Waals surface area contributed by atoms with Crippen molar-refractivity contribution in [2.75, 3.05) is 6.61 Å². The molecule has 2 amide bonds. The van der Waals surface area contributed by atoms with Crippen LogP contribution in [-0.2, 0) is 16.1 Å². The third-order valence-electron chi connectivity index (χ3n) is 4.86. The molecule has 0 saturated heterocycles. The Morgan fingerprint density at radius 3 is 2.37 bits per heavy atom. The van der Waals surface area contributed by atoms with E-state index in [0.29, 0.717) is 17.2 Å². The Bertz CT molecular complexity index is 845.